The van der Waals surface area contributed by atoms with Crippen LogP contribution in [0, 0.1) is 0 Å². The molecule has 1 amide bonds. The molecule has 0 aliphatic rings. The molecule has 0 spiro atoms. The maximum atomic E-state index is 12.4. The molecule has 0 unspecified atom stereocenters. The van der Waals surface area contributed by atoms with E-state index in [9.17, 15) is 13.2 Å². The first kappa shape index (κ1) is 18.0. The van der Waals surface area contributed by atoms with E-state index in [1.165, 1.54) is 6.92 Å². The lowest BCUT2D eigenvalue weighted by molar-refractivity contribution is -0.118. The predicted octanol–water partition coefficient (Wildman–Crippen LogP) is 2.73. The molecule has 0 heterocycles. The Labute approximate surface area is 143 Å². The van der Waals surface area contributed by atoms with Gasteiger partial charge in [-0.05, 0) is 48.2 Å². The van der Waals surface area contributed by atoms with Gasteiger partial charge in [0.25, 0.3) is 10.0 Å². The molecule has 0 saturated carbocycles. The van der Waals surface area contributed by atoms with Crippen LogP contribution in [0.2, 0.25) is 0 Å². The van der Waals surface area contributed by atoms with E-state index in [0.717, 1.165) is 17.5 Å². The average Bonchev–Trinajstić information content (AvgIpc) is 2.55. The standard InChI is InChI=1S/C18H22N2O3S/c1-3-15-4-8-17(9-5-15)20-24(22,23)18-10-6-16(7-11-18)12-13-19-14(2)21/h4-11,20H,3,12-13H2,1-2H3,(H,19,21). The SMILES string of the molecule is CCc1ccc(NS(=O)(=O)c2ccc(CCNC(C)=O)cc2)cc1. The normalized spacial score (nSPS) is 11.1. The monoisotopic (exact) mass is 346 g/mol. The summed E-state index contributed by atoms with van der Waals surface area (Å²) in [5.74, 6) is -0.0764. The van der Waals surface area contributed by atoms with E-state index in [-0.39, 0.29) is 10.8 Å². The van der Waals surface area contributed by atoms with E-state index in [4.69, 9.17) is 0 Å². The number of amides is 1. The smallest absolute Gasteiger partial charge is 0.261 e. The summed E-state index contributed by atoms with van der Waals surface area (Å²) < 4.78 is 27.4. The van der Waals surface area contributed by atoms with Crippen LogP contribution in [0.25, 0.3) is 0 Å². The third-order valence-electron chi connectivity index (χ3n) is 3.64. The van der Waals surface area contributed by atoms with Crippen LogP contribution in [0.5, 0.6) is 0 Å². The number of anilines is 1. The molecule has 2 N–H and O–H groups in total. The number of sulfonamides is 1. The summed E-state index contributed by atoms with van der Waals surface area (Å²) >= 11 is 0. The molecule has 0 fully saturated rings. The van der Waals surface area contributed by atoms with E-state index in [1.807, 2.05) is 19.1 Å². The van der Waals surface area contributed by atoms with Crippen molar-refractivity contribution in [3.05, 3.63) is 59.7 Å². The first-order chi connectivity index (χ1) is 11.4. The highest BCUT2D eigenvalue weighted by atomic mass is 32.2. The molecule has 0 aliphatic carbocycles. The van der Waals surface area contributed by atoms with Crippen molar-refractivity contribution in [1.29, 1.82) is 0 Å². The number of carbonyl (C=O) groups excluding carboxylic acids is 1. The van der Waals surface area contributed by atoms with Crippen molar-refractivity contribution < 1.29 is 13.2 Å². The van der Waals surface area contributed by atoms with Crippen LogP contribution in [0.3, 0.4) is 0 Å². The molecule has 6 heteroatoms. The summed E-state index contributed by atoms with van der Waals surface area (Å²) in [5, 5.41) is 2.71. The number of rotatable bonds is 7. The Kier molecular flexibility index (Phi) is 5.98. The lowest BCUT2D eigenvalue weighted by Gasteiger charge is -2.09. The van der Waals surface area contributed by atoms with Crippen molar-refractivity contribution in [2.24, 2.45) is 0 Å². The summed E-state index contributed by atoms with van der Waals surface area (Å²) in [5.41, 5.74) is 2.67. The highest BCUT2D eigenvalue weighted by molar-refractivity contribution is 7.92. The maximum Gasteiger partial charge on any atom is 0.261 e. The minimum Gasteiger partial charge on any atom is -0.356 e. The molecule has 24 heavy (non-hydrogen) atoms. The minimum absolute atomic E-state index is 0.0764. The molecule has 2 aromatic carbocycles. The largest absolute Gasteiger partial charge is 0.356 e. The van der Waals surface area contributed by atoms with Crippen molar-refractivity contribution in [1.82, 2.24) is 5.32 Å². The van der Waals surface area contributed by atoms with Gasteiger partial charge in [0.15, 0.2) is 0 Å². The van der Waals surface area contributed by atoms with Gasteiger partial charge in [-0.25, -0.2) is 8.42 Å². The van der Waals surface area contributed by atoms with Crippen LogP contribution in [0.1, 0.15) is 25.0 Å². The van der Waals surface area contributed by atoms with Crippen LogP contribution in [0.4, 0.5) is 5.69 Å². The van der Waals surface area contributed by atoms with Gasteiger partial charge in [0.2, 0.25) is 5.91 Å². The Balaban J connectivity index is 2.04. The quantitative estimate of drug-likeness (QED) is 0.809. The van der Waals surface area contributed by atoms with Crippen LogP contribution >= 0.6 is 0 Å². The summed E-state index contributed by atoms with van der Waals surface area (Å²) in [4.78, 5) is 11.0. The zero-order valence-corrected chi connectivity index (χ0v) is 14.7. The van der Waals surface area contributed by atoms with Gasteiger partial charge in [0.1, 0.15) is 0 Å². The van der Waals surface area contributed by atoms with E-state index in [1.54, 1.807) is 36.4 Å². The number of carbonyl (C=O) groups is 1. The van der Waals surface area contributed by atoms with Crippen molar-refractivity contribution >= 4 is 21.6 Å². The summed E-state index contributed by atoms with van der Waals surface area (Å²) in [6, 6.07) is 14.0. The van der Waals surface area contributed by atoms with Gasteiger partial charge in [-0.2, -0.15) is 0 Å². The van der Waals surface area contributed by atoms with Crippen molar-refractivity contribution in [3.63, 3.8) is 0 Å². The molecule has 0 atom stereocenters. The topological polar surface area (TPSA) is 75.3 Å². The second-order valence-corrected chi connectivity index (χ2v) is 7.22. The predicted molar refractivity (Wildman–Crippen MR) is 95.5 cm³/mol. The number of aryl methyl sites for hydroxylation is 1. The van der Waals surface area contributed by atoms with Gasteiger partial charge in [-0.15, -0.1) is 0 Å². The Morgan fingerprint density at radius 3 is 2.08 bits per heavy atom. The van der Waals surface area contributed by atoms with Crippen molar-refractivity contribution in [2.45, 2.75) is 31.6 Å². The fourth-order valence-corrected chi connectivity index (χ4v) is 3.30. The van der Waals surface area contributed by atoms with E-state index in [2.05, 4.69) is 10.0 Å². The van der Waals surface area contributed by atoms with E-state index < -0.39 is 10.0 Å². The molecular weight excluding hydrogens is 324 g/mol. The molecule has 0 saturated heterocycles. The summed E-state index contributed by atoms with van der Waals surface area (Å²) in [7, 11) is -3.60. The number of benzene rings is 2. The van der Waals surface area contributed by atoms with Gasteiger partial charge in [-0.3, -0.25) is 9.52 Å². The Morgan fingerprint density at radius 1 is 0.958 bits per heavy atom. The molecule has 2 aromatic rings. The fraction of sp³-hybridized carbons (Fsp3) is 0.278. The van der Waals surface area contributed by atoms with Gasteiger partial charge in [0, 0.05) is 19.2 Å². The first-order valence-electron chi connectivity index (χ1n) is 7.86. The third kappa shape index (κ3) is 5.09. The second-order valence-electron chi connectivity index (χ2n) is 5.53. The number of hydrogen-bond donors (Lipinski definition) is 2. The Bertz CT molecular complexity index is 782. The van der Waals surface area contributed by atoms with Crippen molar-refractivity contribution in [2.75, 3.05) is 11.3 Å². The molecule has 0 radical (unpaired) electrons. The first-order valence-corrected chi connectivity index (χ1v) is 9.34. The molecule has 0 aromatic heterocycles. The molecule has 0 bridgehead atoms. The Morgan fingerprint density at radius 2 is 1.54 bits per heavy atom. The molecule has 0 aliphatic heterocycles. The average molecular weight is 346 g/mol. The van der Waals surface area contributed by atoms with Crippen LogP contribution in [0.15, 0.2) is 53.4 Å². The number of hydrogen-bond acceptors (Lipinski definition) is 3. The highest BCUT2D eigenvalue weighted by Crippen LogP contribution is 2.17. The highest BCUT2D eigenvalue weighted by Gasteiger charge is 2.13. The molecule has 5 nitrogen and oxygen atoms in total. The van der Waals surface area contributed by atoms with Crippen LogP contribution in [-0.2, 0) is 27.7 Å². The van der Waals surface area contributed by atoms with Gasteiger partial charge in [-0.1, -0.05) is 31.2 Å². The maximum absolute atomic E-state index is 12.4. The lowest BCUT2D eigenvalue weighted by Crippen LogP contribution is -2.22. The second kappa shape index (κ2) is 7.97. The molecule has 128 valence electrons. The Hall–Kier alpha value is -2.34. The molecule has 2 rings (SSSR count). The summed E-state index contributed by atoms with van der Waals surface area (Å²) in [6.07, 6.45) is 1.57. The van der Waals surface area contributed by atoms with E-state index in [0.29, 0.717) is 18.7 Å². The van der Waals surface area contributed by atoms with Crippen LogP contribution in [-0.4, -0.2) is 20.9 Å². The fourth-order valence-electron chi connectivity index (χ4n) is 2.24. The van der Waals surface area contributed by atoms with E-state index >= 15 is 0 Å². The van der Waals surface area contributed by atoms with Gasteiger partial charge >= 0.3 is 0 Å². The third-order valence-corrected chi connectivity index (χ3v) is 5.03. The lowest BCUT2D eigenvalue weighted by atomic mass is 10.1. The van der Waals surface area contributed by atoms with Crippen molar-refractivity contribution in [3.8, 4) is 0 Å². The summed E-state index contributed by atoms with van der Waals surface area (Å²) in [6.45, 7) is 4.05. The van der Waals surface area contributed by atoms with Crippen LogP contribution < -0.4 is 10.0 Å². The zero-order chi connectivity index (χ0) is 17.6. The van der Waals surface area contributed by atoms with Gasteiger partial charge in [0.05, 0.1) is 4.90 Å². The minimum atomic E-state index is -3.60. The number of nitrogens with one attached hydrogen (secondary N) is 2. The van der Waals surface area contributed by atoms with Gasteiger partial charge < -0.3 is 5.32 Å². The zero-order valence-electron chi connectivity index (χ0n) is 13.9. The molecular formula is C18H22N2O3S.